The molecule has 1 N–H and O–H groups in total. The van der Waals surface area contributed by atoms with Crippen molar-refractivity contribution >= 4 is 11.8 Å². The summed E-state index contributed by atoms with van der Waals surface area (Å²) in [6.45, 7) is 4.32. The van der Waals surface area contributed by atoms with Crippen LogP contribution < -0.4 is 0 Å². The maximum Gasteiger partial charge on any atom is 0.289 e. The van der Waals surface area contributed by atoms with E-state index in [1.54, 1.807) is 24.1 Å². The summed E-state index contributed by atoms with van der Waals surface area (Å²) < 4.78 is 5.02. The molecule has 0 saturated carbocycles. The van der Waals surface area contributed by atoms with E-state index in [0.29, 0.717) is 13.0 Å². The summed E-state index contributed by atoms with van der Waals surface area (Å²) in [5.41, 5.74) is 0. The van der Waals surface area contributed by atoms with Gasteiger partial charge in [-0.15, -0.1) is 0 Å². The lowest BCUT2D eigenvalue weighted by Crippen LogP contribution is -2.44. The Labute approximate surface area is 119 Å². The third kappa shape index (κ3) is 4.38. The average molecular weight is 282 g/mol. The molecule has 6 nitrogen and oxygen atoms in total. The summed E-state index contributed by atoms with van der Waals surface area (Å²) in [6, 6.07) is 3.22. The van der Waals surface area contributed by atoms with Crippen molar-refractivity contribution in [2.75, 3.05) is 26.7 Å². The minimum atomic E-state index is -0.325. The third-order valence-electron chi connectivity index (χ3n) is 2.95. The molecule has 112 valence electrons. The van der Waals surface area contributed by atoms with Gasteiger partial charge in [0, 0.05) is 26.2 Å². The molecule has 2 amide bonds. The second-order valence-electron chi connectivity index (χ2n) is 4.90. The molecule has 1 heterocycles. The Morgan fingerprint density at radius 3 is 2.60 bits per heavy atom. The number of carbonyl (C=O) groups is 2. The fraction of sp³-hybridized carbons (Fsp3) is 0.571. The van der Waals surface area contributed by atoms with Gasteiger partial charge in [0.05, 0.1) is 12.8 Å². The number of aliphatic hydroxyl groups excluding tert-OH is 1. The van der Waals surface area contributed by atoms with Crippen LogP contribution in [0.15, 0.2) is 22.8 Å². The Kier molecular flexibility index (Phi) is 6.24. The number of furan rings is 1. The van der Waals surface area contributed by atoms with Gasteiger partial charge in [0.25, 0.3) is 5.91 Å². The van der Waals surface area contributed by atoms with E-state index in [4.69, 9.17) is 9.52 Å². The highest BCUT2D eigenvalue weighted by atomic mass is 16.3. The van der Waals surface area contributed by atoms with E-state index in [1.165, 1.54) is 11.2 Å². The van der Waals surface area contributed by atoms with Crippen molar-refractivity contribution in [1.82, 2.24) is 9.80 Å². The SMILES string of the molecule is CC(C)N(CCCO)C(=O)CN(C)C(=O)c1ccco1. The number of likely N-dealkylation sites (N-methyl/N-ethyl adjacent to an activating group) is 1. The maximum absolute atomic E-state index is 12.2. The van der Waals surface area contributed by atoms with Crippen molar-refractivity contribution in [2.45, 2.75) is 26.3 Å². The second-order valence-corrected chi connectivity index (χ2v) is 4.90. The highest BCUT2D eigenvalue weighted by Gasteiger charge is 2.22. The van der Waals surface area contributed by atoms with E-state index in [9.17, 15) is 9.59 Å². The van der Waals surface area contributed by atoms with Crippen LogP contribution in [0.5, 0.6) is 0 Å². The fourth-order valence-electron chi connectivity index (χ4n) is 1.87. The first kappa shape index (κ1) is 16.2. The Hall–Kier alpha value is -1.82. The average Bonchev–Trinajstić information content (AvgIpc) is 2.91. The molecule has 0 spiro atoms. The van der Waals surface area contributed by atoms with Gasteiger partial charge in [-0.3, -0.25) is 9.59 Å². The summed E-state index contributed by atoms with van der Waals surface area (Å²) >= 11 is 0. The number of amides is 2. The van der Waals surface area contributed by atoms with Crippen LogP contribution in [0.3, 0.4) is 0 Å². The zero-order valence-electron chi connectivity index (χ0n) is 12.2. The molecule has 1 aromatic rings. The molecule has 0 aliphatic carbocycles. The van der Waals surface area contributed by atoms with E-state index in [-0.39, 0.29) is 36.8 Å². The molecular weight excluding hydrogens is 260 g/mol. The normalized spacial score (nSPS) is 10.7. The Bertz CT molecular complexity index is 428. The quantitative estimate of drug-likeness (QED) is 0.808. The first-order valence-corrected chi connectivity index (χ1v) is 6.66. The molecule has 0 saturated heterocycles. The monoisotopic (exact) mass is 282 g/mol. The zero-order valence-corrected chi connectivity index (χ0v) is 12.2. The van der Waals surface area contributed by atoms with Crippen LogP contribution in [0, 0.1) is 0 Å². The van der Waals surface area contributed by atoms with Crippen molar-refractivity contribution in [3.8, 4) is 0 Å². The topological polar surface area (TPSA) is 74.0 Å². The fourth-order valence-corrected chi connectivity index (χ4v) is 1.87. The van der Waals surface area contributed by atoms with E-state index in [2.05, 4.69) is 0 Å². The number of hydrogen-bond acceptors (Lipinski definition) is 4. The minimum Gasteiger partial charge on any atom is -0.459 e. The molecule has 0 aromatic carbocycles. The number of hydrogen-bond donors (Lipinski definition) is 1. The van der Waals surface area contributed by atoms with Gasteiger partial charge in [-0.25, -0.2) is 0 Å². The lowest BCUT2D eigenvalue weighted by Gasteiger charge is -2.28. The molecule has 0 fully saturated rings. The summed E-state index contributed by atoms with van der Waals surface area (Å²) in [6.07, 6.45) is 1.95. The van der Waals surface area contributed by atoms with Gasteiger partial charge in [0.2, 0.25) is 5.91 Å². The van der Waals surface area contributed by atoms with Crippen molar-refractivity contribution in [1.29, 1.82) is 0 Å². The molecular formula is C14H22N2O4. The predicted molar refractivity (Wildman–Crippen MR) is 74.2 cm³/mol. The molecule has 0 unspecified atom stereocenters. The van der Waals surface area contributed by atoms with Gasteiger partial charge >= 0.3 is 0 Å². The standard InChI is InChI=1S/C14H22N2O4/c1-11(2)16(7-5-8-17)13(18)10-15(3)14(19)12-6-4-9-20-12/h4,6,9,11,17H,5,7-8,10H2,1-3H3. The van der Waals surface area contributed by atoms with Gasteiger partial charge in [-0.05, 0) is 32.4 Å². The summed E-state index contributed by atoms with van der Waals surface area (Å²) in [5.74, 6) is -0.253. The Balaban J connectivity index is 2.60. The number of carbonyl (C=O) groups excluding carboxylic acids is 2. The second kappa shape index (κ2) is 7.69. The highest BCUT2D eigenvalue weighted by molar-refractivity contribution is 5.94. The molecule has 6 heteroatoms. The van der Waals surface area contributed by atoms with Crippen molar-refractivity contribution < 1.29 is 19.1 Å². The van der Waals surface area contributed by atoms with E-state index in [1.807, 2.05) is 13.8 Å². The number of rotatable bonds is 7. The van der Waals surface area contributed by atoms with Crippen LogP contribution in [-0.4, -0.2) is 59.5 Å². The molecule has 1 rings (SSSR count). The van der Waals surface area contributed by atoms with Crippen molar-refractivity contribution in [2.24, 2.45) is 0 Å². The van der Waals surface area contributed by atoms with E-state index < -0.39 is 0 Å². The minimum absolute atomic E-state index is 0.0108. The molecule has 0 aliphatic rings. The summed E-state index contributed by atoms with van der Waals surface area (Å²) in [7, 11) is 1.56. The number of aliphatic hydroxyl groups is 1. The van der Waals surface area contributed by atoms with Crippen LogP contribution in [0.4, 0.5) is 0 Å². The van der Waals surface area contributed by atoms with Gasteiger partial charge in [-0.1, -0.05) is 0 Å². The van der Waals surface area contributed by atoms with Crippen LogP contribution in [0.2, 0.25) is 0 Å². The van der Waals surface area contributed by atoms with Crippen molar-refractivity contribution in [3.05, 3.63) is 24.2 Å². The third-order valence-corrected chi connectivity index (χ3v) is 2.95. The summed E-state index contributed by atoms with van der Waals surface area (Å²) in [5, 5.41) is 8.86. The Morgan fingerprint density at radius 2 is 2.10 bits per heavy atom. The van der Waals surface area contributed by atoms with Crippen LogP contribution in [-0.2, 0) is 4.79 Å². The van der Waals surface area contributed by atoms with Crippen molar-refractivity contribution in [3.63, 3.8) is 0 Å². The number of nitrogens with zero attached hydrogens (tertiary/aromatic N) is 2. The zero-order chi connectivity index (χ0) is 15.1. The first-order chi connectivity index (χ1) is 9.47. The Morgan fingerprint density at radius 1 is 1.40 bits per heavy atom. The van der Waals surface area contributed by atoms with Crippen LogP contribution >= 0.6 is 0 Å². The smallest absolute Gasteiger partial charge is 0.289 e. The lowest BCUT2D eigenvalue weighted by atomic mass is 10.2. The predicted octanol–water partition coefficient (Wildman–Crippen LogP) is 0.971. The molecule has 1 aromatic heterocycles. The first-order valence-electron chi connectivity index (χ1n) is 6.66. The van der Waals surface area contributed by atoms with Gasteiger partial charge in [0.15, 0.2) is 5.76 Å². The van der Waals surface area contributed by atoms with Crippen LogP contribution in [0.25, 0.3) is 0 Å². The summed E-state index contributed by atoms with van der Waals surface area (Å²) in [4.78, 5) is 27.1. The van der Waals surface area contributed by atoms with E-state index in [0.717, 1.165) is 0 Å². The van der Waals surface area contributed by atoms with Gasteiger partial charge < -0.3 is 19.3 Å². The van der Waals surface area contributed by atoms with Crippen LogP contribution in [0.1, 0.15) is 30.8 Å². The molecule has 20 heavy (non-hydrogen) atoms. The highest BCUT2D eigenvalue weighted by Crippen LogP contribution is 2.06. The largest absolute Gasteiger partial charge is 0.459 e. The van der Waals surface area contributed by atoms with Gasteiger partial charge in [-0.2, -0.15) is 0 Å². The molecule has 0 aliphatic heterocycles. The van der Waals surface area contributed by atoms with E-state index >= 15 is 0 Å². The molecule has 0 bridgehead atoms. The molecule has 0 atom stereocenters. The maximum atomic E-state index is 12.2. The lowest BCUT2D eigenvalue weighted by molar-refractivity contribution is -0.133. The molecule has 0 radical (unpaired) electrons. The van der Waals surface area contributed by atoms with Gasteiger partial charge in [0.1, 0.15) is 0 Å².